The second-order valence-corrected chi connectivity index (χ2v) is 5.35. The van der Waals surface area contributed by atoms with Gasteiger partial charge in [-0.1, -0.05) is 0 Å². The van der Waals surface area contributed by atoms with E-state index in [-0.39, 0.29) is 11.9 Å². The number of carbonyl (C=O) groups is 1. The lowest BCUT2D eigenvalue weighted by molar-refractivity contribution is -0.119. The second kappa shape index (κ2) is 3.99. The van der Waals surface area contributed by atoms with Crippen molar-refractivity contribution in [3.63, 3.8) is 0 Å². The van der Waals surface area contributed by atoms with Gasteiger partial charge in [-0.25, -0.2) is 0 Å². The topological polar surface area (TPSA) is 35.6 Å². The van der Waals surface area contributed by atoms with Crippen LogP contribution in [0.1, 0.15) is 11.1 Å². The molecule has 1 atom stereocenters. The summed E-state index contributed by atoms with van der Waals surface area (Å²) in [5.41, 5.74) is 4.77. The third-order valence-corrected chi connectivity index (χ3v) is 4.04. The molecule has 96 valence electrons. The molecule has 1 fully saturated rings. The molecule has 1 amide bonds. The number of fused-ring (bicyclic) bond motifs is 3. The number of nitrogens with zero attached hydrogens (tertiary/aromatic N) is 2. The molecule has 0 bridgehead atoms. The van der Waals surface area contributed by atoms with Gasteiger partial charge < -0.3 is 15.1 Å². The van der Waals surface area contributed by atoms with Crippen LogP contribution in [-0.4, -0.2) is 38.6 Å². The van der Waals surface area contributed by atoms with Crippen LogP contribution in [0.4, 0.5) is 11.4 Å². The van der Waals surface area contributed by atoms with Crippen molar-refractivity contribution in [3.05, 3.63) is 23.3 Å². The van der Waals surface area contributed by atoms with E-state index in [1.807, 2.05) is 4.90 Å². The van der Waals surface area contributed by atoms with Crippen molar-refractivity contribution in [3.8, 4) is 0 Å². The Kier molecular flexibility index (Phi) is 2.55. The first kappa shape index (κ1) is 11.5. The van der Waals surface area contributed by atoms with Gasteiger partial charge in [-0.2, -0.15) is 0 Å². The van der Waals surface area contributed by atoms with Gasteiger partial charge in [0.05, 0.1) is 24.0 Å². The Balaban J connectivity index is 2.14. The van der Waals surface area contributed by atoms with Crippen LogP contribution < -0.4 is 15.1 Å². The van der Waals surface area contributed by atoms with Gasteiger partial charge in [-0.3, -0.25) is 4.79 Å². The standard InChI is InChI=1S/C14H19N3O/c1-9-4-12-13(5-10(9)2)17-11(8-16(12)3)6-15-7-14(17)18/h4-5,11,15H,6-8H2,1-3H3. The van der Waals surface area contributed by atoms with Gasteiger partial charge in [-0.05, 0) is 37.1 Å². The van der Waals surface area contributed by atoms with Crippen LogP contribution in [0.25, 0.3) is 0 Å². The quantitative estimate of drug-likeness (QED) is 0.742. The van der Waals surface area contributed by atoms with Gasteiger partial charge in [0, 0.05) is 20.1 Å². The molecule has 0 aromatic heterocycles. The van der Waals surface area contributed by atoms with Gasteiger partial charge in [0.2, 0.25) is 5.91 Å². The highest BCUT2D eigenvalue weighted by Gasteiger charge is 2.35. The summed E-state index contributed by atoms with van der Waals surface area (Å²) in [6, 6.07) is 4.60. The predicted octanol–water partition coefficient (Wildman–Crippen LogP) is 1.06. The summed E-state index contributed by atoms with van der Waals surface area (Å²) in [7, 11) is 2.10. The van der Waals surface area contributed by atoms with Crippen LogP contribution >= 0.6 is 0 Å². The van der Waals surface area contributed by atoms with Crippen LogP contribution in [0.5, 0.6) is 0 Å². The minimum Gasteiger partial charge on any atom is -0.371 e. The van der Waals surface area contributed by atoms with Crippen molar-refractivity contribution in [2.45, 2.75) is 19.9 Å². The molecular formula is C14H19N3O. The molecule has 1 N–H and O–H groups in total. The Hall–Kier alpha value is -1.55. The Morgan fingerprint density at radius 3 is 2.61 bits per heavy atom. The first-order valence-corrected chi connectivity index (χ1v) is 6.43. The first-order chi connectivity index (χ1) is 8.58. The molecule has 0 aliphatic carbocycles. The smallest absolute Gasteiger partial charge is 0.241 e. The number of aryl methyl sites for hydroxylation is 2. The van der Waals surface area contributed by atoms with Crippen LogP contribution in [0.2, 0.25) is 0 Å². The van der Waals surface area contributed by atoms with Gasteiger partial charge in [0.15, 0.2) is 0 Å². The SMILES string of the molecule is Cc1cc2c(cc1C)N1C(=O)CNCC1CN2C. The fourth-order valence-corrected chi connectivity index (χ4v) is 2.90. The summed E-state index contributed by atoms with van der Waals surface area (Å²) in [5, 5.41) is 3.19. The molecule has 1 unspecified atom stereocenters. The summed E-state index contributed by atoms with van der Waals surface area (Å²) in [6.45, 7) is 6.45. The fraction of sp³-hybridized carbons (Fsp3) is 0.500. The number of benzene rings is 1. The van der Waals surface area contributed by atoms with E-state index in [0.29, 0.717) is 6.54 Å². The fourth-order valence-electron chi connectivity index (χ4n) is 2.90. The molecular weight excluding hydrogens is 226 g/mol. The minimum absolute atomic E-state index is 0.184. The molecule has 4 nitrogen and oxygen atoms in total. The summed E-state index contributed by atoms with van der Waals surface area (Å²) in [6.07, 6.45) is 0. The zero-order chi connectivity index (χ0) is 12.9. The molecule has 2 aliphatic heterocycles. The lowest BCUT2D eigenvalue weighted by Gasteiger charge is -2.44. The van der Waals surface area contributed by atoms with E-state index in [9.17, 15) is 4.79 Å². The van der Waals surface area contributed by atoms with Crippen LogP contribution in [0, 0.1) is 13.8 Å². The van der Waals surface area contributed by atoms with Crippen molar-refractivity contribution in [1.29, 1.82) is 0 Å². The Morgan fingerprint density at radius 1 is 1.22 bits per heavy atom. The highest BCUT2D eigenvalue weighted by Crippen LogP contribution is 2.37. The zero-order valence-corrected chi connectivity index (χ0v) is 11.2. The molecule has 0 saturated carbocycles. The predicted molar refractivity (Wildman–Crippen MR) is 73.3 cm³/mol. The van der Waals surface area contributed by atoms with Crippen molar-refractivity contribution in [2.75, 3.05) is 36.5 Å². The Morgan fingerprint density at radius 2 is 1.89 bits per heavy atom. The summed E-state index contributed by atoms with van der Waals surface area (Å²) in [4.78, 5) is 16.4. The molecule has 4 heteroatoms. The molecule has 0 spiro atoms. The van der Waals surface area contributed by atoms with E-state index < -0.39 is 0 Å². The number of nitrogens with one attached hydrogen (secondary N) is 1. The number of hydrogen-bond acceptors (Lipinski definition) is 3. The number of anilines is 2. The molecule has 1 saturated heterocycles. The van der Waals surface area contributed by atoms with Crippen LogP contribution in [0.15, 0.2) is 12.1 Å². The normalized spacial score (nSPS) is 22.8. The summed E-state index contributed by atoms with van der Waals surface area (Å²) >= 11 is 0. The molecule has 0 radical (unpaired) electrons. The van der Waals surface area contributed by atoms with Gasteiger partial charge in [0.1, 0.15) is 0 Å². The van der Waals surface area contributed by atoms with E-state index in [1.54, 1.807) is 0 Å². The largest absolute Gasteiger partial charge is 0.371 e. The highest BCUT2D eigenvalue weighted by atomic mass is 16.2. The lowest BCUT2D eigenvalue weighted by atomic mass is 10.0. The van der Waals surface area contributed by atoms with Crippen molar-refractivity contribution in [2.24, 2.45) is 0 Å². The lowest BCUT2D eigenvalue weighted by Crippen LogP contribution is -2.61. The molecule has 3 rings (SSSR count). The number of hydrogen-bond donors (Lipinski definition) is 1. The number of likely N-dealkylation sites (N-methyl/N-ethyl adjacent to an activating group) is 1. The zero-order valence-electron chi connectivity index (χ0n) is 11.2. The molecule has 2 heterocycles. The number of amides is 1. The molecule has 2 aliphatic rings. The average Bonchev–Trinajstić information content (AvgIpc) is 2.32. The highest BCUT2D eigenvalue weighted by molar-refractivity contribution is 6.00. The van der Waals surface area contributed by atoms with Crippen molar-refractivity contribution < 1.29 is 4.79 Å². The minimum atomic E-state index is 0.184. The maximum Gasteiger partial charge on any atom is 0.241 e. The van der Waals surface area contributed by atoms with Crippen molar-refractivity contribution >= 4 is 17.3 Å². The molecule has 1 aromatic rings. The third kappa shape index (κ3) is 1.60. The Bertz CT molecular complexity index is 512. The Labute approximate surface area is 108 Å². The van der Waals surface area contributed by atoms with Gasteiger partial charge in [-0.15, -0.1) is 0 Å². The number of rotatable bonds is 0. The number of piperazine rings is 1. The monoisotopic (exact) mass is 245 g/mol. The van der Waals surface area contributed by atoms with E-state index in [4.69, 9.17) is 0 Å². The van der Waals surface area contributed by atoms with Crippen LogP contribution in [0.3, 0.4) is 0 Å². The van der Waals surface area contributed by atoms with E-state index in [0.717, 1.165) is 18.8 Å². The maximum absolute atomic E-state index is 12.1. The van der Waals surface area contributed by atoms with E-state index >= 15 is 0 Å². The molecule has 18 heavy (non-hydrogen) atoms. The van der Waals surface area contributed by atoms with Gasteiger partial charge >= 0.3 is 0 Å². The van der Waals surface area contributed by atoms with Crippen molar-refractivity contribution in [1.82, 2.24) is 5.32 Å². The average molecular weight is 245 g/mol. The maximum atomic E-state index is 12.1. The first-order valence-electron chi connectivity index (χ1n) is 6.43. The third-order valence-electron chi connectivity index (χ3n) is 4.04. The van der Waals surface area contributed by atoms with E-state index in [2.05, 4.69) is 43.2 Å². The number of carbonyl (C=O) groups excluding carboxylic acids is 1. The van der Waals surface area contributed by atoms with Gasteiger partial charge in [0.25, 0.3) is 0 Å². The molecule has 1 aromatic carbocycles. The summed E-state index contributed by atoms with van der Waals surface area (Å²) in [5.74, 6) is 0.184. The second-order valence-electron chi connectivity index (χ2n) is 5.35. The van der Waals surface area contributed by atoms with Crippen LogP contribution in [-0.2, 0) is 4.79 Å². The van der Waals surface area contributed by atoms with E-state index in [1.165, 1.54) is 16.8 Å². The summed E-state index contributed by atoms with van der Waals surface area (Å²) < 4.78 is 0.